The molecule has 1 N–H and O–H groups in total. The first-order valence-electron chi connectivity index (χ1n) is 11.9. The summed E-state index contributed by atoms with van der Waals surface area (Å²) in [6, 6.07) is 13.9. The maximum atomic E-state index is 13.8. The molecule has 3 aromatic rings. The molecule has 38 heavy (non-hydrogen) atoms. The minimum Gasteiger partial charge on any atom is -0.550 e. The van der Waals surface area contributed by atoms with Crippen molar-refractivity contribution in [3.63, 3.8) is 0 Å². The Morgan fingerprint density at radius 1 is 1.05 bits per heavy atom. The first-order valence-corrected chi connectivity index (χ1v) is 11.9. The third kappa shape index (κ3) is 4.65. The molecule has 1 amide bonds. The molecule has 2 heterocycles. The fraction of sp³-hybridized carbons (Fsp3) is 0.222. The van der Waals surface area contributed by atoms with Crippen molar-refractivity contribution in [2.24, 2.45) is 0 Å². The number of allylic oxidation sites excluding steroid dienone is 1. The van der Waals surface area contributed by atoms with E-state index < -0.39 is 47.4 Å². The van der Waals surface area contributed by atoms with E-state index in [-0.39, 0.29) is 29.5 Å². The van der Waals surface area contributed by atoms with Gasteiger partial charge in [-0.25, -0.2) is 4.39 Å². The molecule has 2 atom stereocenters. The summed E-state index contributed by atoms with van der Waals surface area (Å²) in [4.78, 5) is 50.3. The first kappa shape index (κ1) is 24.9. The van der Waals surface area contributed by atoms with Crippen LogP contribution < -0.4 is 15.3 Å². The Balaban J connectivity index is 1.68. The standard InChI is InChI=1S/C27H22FN3O7/c28-17-7-5-15(6-8-17)16-13-19-26(21(32)14-16)27(22-9-11-24(38-22)31(36)37)30(23(33)10-12-25(34)35)20-4-2-1-3-18(20)29-19/h1-9,11,16,27,29H,10,12-14H2,(H,34,35)/p-1/t16-,27+/m1/s1. The molecule has 0 spiro atoms. The number of anilines is 2. The maximum absolute atomic E-state index is 13.8. The molecule has 0 fully saturated rings. The lowest BCUT2D eigenvalue weighted by Crippen LogP contribution is -2.39. The van der Waals surface area contributed by atoms with E-state index in [2.05, 4.69) is 5.32 Å². The van der Waals surface area contributed by atoms with E-state index in [9.17, 15) is 34.0 Å². The van der Waals surface area contributed by atoms with Crippen LogP contribution in [0.15, 0.2) is 76.4 Å². The normalized spacial score (nSPS) is 18.8. The van der Waals surface area contributed by atoms with Crippen LogP contribution in [-0.2, 0) is 14.4 Å². The third-order valence-electron chi connectivity index (χ3n) is 6.70. The lowest BCUT2D eigenvalue weighted by atomic mass is 9.79. The number of hydrogen-bond acceptors (Lipinski definition) is 8. The minimum absolute atomic E-state index is 0.0157. The summed E-state index contributed by atoms with van der Waals surface area (Å²) in [5.74, 6) is -3.64. The number of carboxylic acid groups (broad SMARTS) is 1. The molecular weight excluding hydrogens is 497 g/mol. The van der Waals surface area contributed by atoms with Crippen LogP contribution in [0.25, 0.3) is 0 Å². The molecule has 2 aromatic carbocycles. The van der Waals surface area contributed by atoms with E-state index in [4.69, 9.17) is 4.42 Å². The number of fused-ring (bicyclic) bond motifs is 1. The maximum Gasteiger partial charge on any atom is 0.433 e. The zero-order valence-electron chi connectivity index (χ0n) is 19.9. The molecule has 0 saturated heterocycles. The fourth-order valence-electron chi connectivity index (χ4n) is 5.02. The number of nitrogens with one attached hydrogen (secondary N) is 1. The number of carboxylic acids is 1. The summed E-state index contributed by atoms with van der Waals surface area (Å²) in [5.41, 5.74) is 2.27. The van der Waals surface area contributed by atoms with Gasteiger partial charge in [0.25, 0.3) is 0 Å². The van der Waals surface area contributed by atoms with Crippen molar-refractivity contribution < 1.29 is 33.2 Å². The van der Waals surface area contributed by atoms with Gasteiger partial charge in [-0.05, 0) is 54.7 Å². The number of hydrogen-bond donors (Lipinski definition) is 1. The number of halogens is 1. The fourth-order valence-corrected chi connectivity index (χ4v) is 5.02. The van der Waals surface area contributed by atoms with Gasteiger partial charge in [0.2, 0.25) is 5.91 Å². The topological polar surface area (TPSA) is 146 Å². The van der Waals surface area contributed by atoms with Gasteiger partial charge >= 0.3 is 5.88 Å². The Hall–Kier alpha value is -4.80. The van der Waals surface area contributed by atoms with Crippen molar-refractivity contribution in [1.82, 2.24) is 0 Å². The molecule has 0 bridgehead atoms. The van der Waals surface area contributed by atoms with Gasteiger partial charge in [0, 0.05) is 30.1 Å². The van der Waals surface area contributed by atoms with E-state index in [0.29, 0.717) is 23.5 Å². The summed E-state index contributed by atoms with van der Waals surface area (Å²) in [7, 11) is 0. The van der Waals surface area contributed by atoms with Crippen LogP contribution in [0.3, 0.4) is 0 Å². The Labute approximate surface area is 215 Å². The number of nitrogens with zero attached hydrogens (tertiary/aromatic N) is 2. The van der Waals surface area contributed by atoms with E-state index in [1.807, 2.05) is 0 Å². The largest absolute Gasteiger partial charge is 0.550 e. The van der Waals surface area contributed by atoms with Gasteiger partial charge in [-0.3, -0.25) is 24.6 Å². The Bertz CT molecular complexity index is 1480. The number of para-hydroxylation sites is 2. The number of rotatable bonds is 6. The summed E-state index contributed by atoms with van der Waals surface area (Å²) in [6.07, 6.45) is -0.599. The van der Waals surface area contributed by atoms with Gasteiger partial charge in [0.1, 0.15) is 22.5 Å². The smallest absolute Gasteiger partial charge is 0.433 e. The van der Waals surface area contributed by atoms with Crippen LogP contribution in [-0.4, -0.2) is 22.6 Å². The van der Waals surface area contributed by atoms with Gasteiger partial charge < -0.3 is 19.6 Å². The van der Waals surface area contributed by atoms with E-state index in [1.165, 1.54) is 23.1 Å². The van der Waals surface area contributed by atoms with E-state index in [0.717, 1.165) is 11.6 Å². The van der Waals surface area contributed by atoms with Crippen molar-refractivity contribution >= 4 is 34.9 Å². The average molecular weight is 518 g/mol. The average Bonchev–Trinajstić information content (AvgIpc) is 3.32. The molecule has 0 radical (unpaired) electrons. The van der Waals surface area contributed by atoms with Crippen LogP contribution in [0.1, 0.15) is 49.0 Å². The summed E-state index contributed by atoms with van der Waals surface area (Å²) >= 11 is 0. The summed E-state index contributed by atoms with van der Waals surface area (Å²) in [6.45, 7) is 0. The van der Waals surface area contributed by atoms with Crippen LogP contribution >= 0.6 is 0 Å². The Morgan fingerprint density at radius 3 is 2.47 bits per heavy atom. The molecule has 11 heteroatoms. The van der Waals surface area contributed by atoms with Crippen molar-refractivity contribution in [2.45, 2.75) is 37.6 Å². The molecule has 10 nitrogen and oxygen atoms in total. The van der Waals surface area contributed by atoms with E-state index >= 15 is 0 Å². The van der Waals surface area contributed by atoms with Crippen LogP contribution in [0, 0.1) is 15.9 Å². The van der Waals surface area contributed by atoms with Crippen LogP contribution in [0.4, 0.5) is 21.6 Å². The van der Waals surface area contributed by atoms with Crippen molar-refractivity contribution in [3.05, 3.63) is 99.2 Å². The van der Waals surface area contributed by atoms with Crippen molar-refractivity contribution in [1.29, 1.82) is 0 Å². The highest BCUT2D eigenvalue weighted by molar-refractivity contribution is 6.06. The second-order valence-electron chi connectivity index (χ2n) is 9.09. The third-order valence-corrected chi connectivity index (χ3v) is 6.70. The number of carbonyl (C=O) groups excluding carboxylic acids is 3. The molecular formula is C27H21FN3O7-. The minimum atomic E-state index is -1.42. The number of aliphatic carboxylic acids is 1. The second-order valence-corrected chi connectivity index (χ2v) is 9.09. The molecule has 5 rings (SSSR count). The molecule has 2 aliphatic rings. The molecule has 0 unspecified atom stereocenters. The van der Waals surface area contributed by atoms with Crippen molar-refractivity contribution in [3.8, 4) is 0 Å². The number of ketones is 1. The van der Waals surface area contributed by atoms with Crippen molar-refractivity contribution in [2.75, 3.05) is 10.2 Å². The van der Waals surface area contributed by atoms with Gasteiger partial charge in [-0.1, -0.05) is 24.3 Å². The van der Waals surface area contributed by atoms with Gasteiger partial charge in [-0.2, -0.15) is 0 Å². The van der Waals surface area contributed by atoms with Gasteiger partial charge in [-0.15, -0.1) is 0 Å². The zero-order chi connectivity index (χ0) is 27.0. The molecule has 1 aliphatic heterocycles. The highest BCUT2D eigenvalue weighted by atomic mass is 19.1. The lowest BCUT2D eigenvalue weighted by Gasteiger charge is -2.33. The van der Waals surface area contributed by atoms with Crippen LogP contribution in [0.5, 0.6) is 0 Å². The highest BCUT2D eigenvalue weighted by Gasteiger charge is 2.43. The Kier molecular flexibility index (Phi) is 6.50. The number of carbonyl (C=O) groups is 3. The number of furan rings is 1. The zero-order valence-corrected chi connectivity index (χ0v) is 19.9. The molecule has 1 aromatic heterocycles. The SMILES string of the molecule is O=C([O-])CCC(=O)N1c2ccccc2NC2=C(C(=O)C[C@H](c3ccc(F)cc3)C2)[C@@H]1c1ccc([N+](=O)[O-])o1. The predicted molar refractivity (Wildman–Crippen MR) is 130 cm³/mol. The van der Waals surface area contributed by atoms with Crippen LogP contribution in [0.2, 0.25) is 0 Å². The highest BCUT2D eigenvalue weighted by Crippen LogP contribution is 2.48. The van der Waals surface area contributed by atoms with E-state index in [1.54, 1.807) is 36.4 Å². The summed E-state index contributed by atoms with van der Waals surface area (Å²) < 4.78 is 19.0. The number of benzene rings is 2. The van der Waals surface area contributed by atoms with Gasteiger partial charge in [0.05, 0.1) is 17.4 Å². The quantitative estimate of drug-likeness (QED) is 0.383. The molecule has 0 saturated carbocycles. The Morgan fingerprint density at radius 2 is 1.79 bits per heavy atom. The molecule has 194 valence electrons. The lowest BCUT2D eigenvalue weighted by molar-refractivity contribution is -0.402. The second kappa shape index (κ2) is 9.92. The monoisotopic (exact) mass is 518 g/mol. The van der Waals surface area contributed by atoms with Gasteiger partial charge in [0.15, 0.2) is 5.78 Å². The predicted octanol–water partition coefficient (Wildman–Crippen LogP) is 3.76. The number of amides is 1. The number of nitro groups is 1. The number of Topliss-reactive ketones (excluding diaryl/α,β-unsaturated/α-hetero) is 1. The molecule has 1 aliphatic carbocycles. The first-order chi connectivity index (χ1) is 18.2. The summed E-state index contributed by atoms with van der Waals surface area (Å²) in [5, 5.41) is 25.8.